The van der Waals surface area contributed by atoms with Gasteiger partial charge in [-0.15, -0.1) is 0 Å². The molecule has 1 heterocycles. The molecule has 1 aliphatic rings. The van der Waals surface area contributed by atoms with Gasteiger partial charge in [0, 0.05) is 18.9 Å². The Morgan fingerprint density at radius 1 is 1.07 bits per heavy atom. The monoisotopic (exact) mass is 404 g/mol. The van der Waals surface area contributed by atoms with Crippen molar-refractivity contribution in [3.05, 3.63) is 42.5 Å². The summed E-state index contributed by atoms with van der Waals surface area (Å²) < 4.78 is 38.7. The van der Waals surface area contributed by atoms with Crippen molar-refractivity contribution in [1.82, 2.24) is 0 Å². The van der Waals surface area contributed by atoms with Gasteiger partial charge in [0.2, 0.25) is 11.8 Å². The van der Waals surface area contributed by atoms with E-state index in [-0.39, 0.29) is 29.2 Å². The standard InChI is InChI=1S/C19H20N2O6S/c1-3-27-14-6-4-5-13(11-14)20-28(24,25)15-7-8-17(26-2)16(12-15)21-18(22)9-10-19(21)23/h4-8,11-12,20H,3,9-10H2,1-2H3. The Morgan fingerprint density at radius 2 is 1.79 bits per heavy atom. The van der Waals surface area contributed by atoms with Crippen LogP contribution in [0.4, 0.5) is 11.4 Å². The molecule has 148 valence electrons. The second-order valence-corrected chi connectivity index (χ2v) is 7.71. The minimum atomic E-state index is -3.97. The Bertz CT molecular complexity index is 1000. The first-order valence-corrected chi connectivity index (χ1v) is 10.1. The van der Waals surface area contributed by atoms with Gasteiger partial charge < -0.3 is 9.47 Å². The molecule has 8 nitrogen and oxygen atoms in total. The smallest absolute Gasteiger partial charge is 0.261 e. The number of carbonyl (C=O) groups is 2. The van der Waals surface area contributed by atoms with Crippen molar-refractivity contribution in [1.29, 1.82) is 0 Å². The van der Waals surface area contributed by atoms with Gasteiger partial charge in [-0.25, -0.2) is 13.3 Å². The van der Waals surface area contributed by atoms with Crippen LogP contribution in [0.3, 0.4) is 0 Å². The first-order valence-electron chi connectivity index (χ1n) is 8.65. The summed E-state index contributed by atoms with van der Waals surface area (Å²) in [5, 5.41) is 0. The zero-order chi connectivity index (χ0) is 20.3. The van der Waals surface area contributed by atoms with E-state index in [4.69, 9.17) is 9.47 Å². The number of rotatable bonds is 7. The van der Waals surface area contributed by atoms with Crippen LogP contribution in [-0.2, 0) is 19.6 Å². The Labute approximate surface area is 163 Å². The first kappa shape index (κ1) is 19.7. The molecule has 0 unspecified atom stereocenters. The minimum Gasteiger partial charge on any atom is -0.495 e. The lowest BCUT2D eigenvalue weighted by molar-refractivity contribution is -0.121. The second kappa shape index (κ2) is 7.89. The molecule has 2 aromatic carbocycles. The highest BCUT2D eigenvalue weighted by Crippen LogP contribution is 2.34. The van der Waals surface area contributed by atoms with E-state index >= 15 is 0 Å². The van der Waals surface area contributed by atoms with E-state index in [0.29, 0.717) is 18.0 Å². The van der Waals surface area contributed by atoms with Crippen molar-refractivity contribution in [3.8, 4) is 11.5 Å². The van der Waals surface area contributed by atoms with Crippen LogP contribution >= 0.6 is 0 Å². The summed E-state index contributed by atoms with van der Waals surface area (Å²) in [5.41, 5.74) is 0.442. The van der Waals surface area contributed by atoms with Crippen LogP contribution in [0, 0.1) is 0 Å². The molecule has 28 heavy (non-hydrogen) atoms. The van der Waals surface area contributed by atoms with Crippen LogP contribution in [0.1, 0.15) is 19.8 Å². The molecule has 0 bridgehead atoms. The molecule has 3 rings (SSSR count). The molecule has 9 heteroatoms. The predicted molar refractivity (Wildman–Crippen MR) is 103 cm³/mol. The van der Waals surface area contributed by atoms with E-state index in [0.717, 1.165) is 4.90 Å². The SMILES string of the molecule is CCOc1cccc(NS(=O)(=O)c2ccc(OC)c(N3C(=O)CCC3=O)c2)c1. The number of ether oxygens (including phenoxy) is 2. The third-order valence-electron chi connectivity index (χ3n) is 4.15. The Balaban J connectivity index is 1.96. The first-order chi connectivity index (χ1) is 13.4. The van der Waals surface area contributed by atoms with Gasteiger partial charge in [-0.2, -0.15) is 0 Å². The molecule has 0 aliphatic carbocycles. The average Bonchev–Trinajstić information content (AvgIpc) is 2.99. The number of hydrogen-bond acceptors (Lipinski definition) is 6. The molecular weight excluding hydrogens is 384 g/mol. The van der Waals surface area contributed by atoms with Gasteiger partial charge in [0.25, 0.3) is 10.0 Å². The number of imide groups is 1. The summed E-state index contributed by atoms with van der Waals surface area (Å²) in [7, 11) is -2.58. The summed E-state index contributed by atoms with van der Waals surface area (Å²) >= 11 is 0. The summed E-state index contributed by atoms with van der Waals surface area (Å²) in [6, 6.07) is 10.6. The maximum Gasteiger partial charge on any atom is 0.261 e. The molecule has 1 saturated heterocycles. The van der Waals surface area contributed by atoms with E-state index < -0.39 is 21.8 Å². The molecule has 0 aromatic heterocycles. The lowest BCUT2D eigenvalue weighted by Gasteiger charge is -2.18. The number of amides is 2. The number of carbonyl (C=O) groups excluding carboxylic acids is 2. The number of nitrogens with zero attached hydrogens (tertiary/aromatic N) is 1. The van der Waals surface area contributed by atoms with Gasteiger partial charge in [0.15, 0.2) is 0 Å². The molecule has 2 amide bonds. The van der Waals surface area contributed by atoms with Crippen LogP contribution in [0.15, 0.2) is 47.4 Å². The molecule has 0 radical (unpaired) electrons. The summed E-state index contributed by atoms with van der Waals surface area (Å²) in [4.78, 5) is 25.0. The van der Waals surface area contributed by atoms with Gasteiger partial charge in [0.1, 0.15) is 11.5 Å². The van der Waals surface area contributed by atoms with Gasteiger partial charge in [0.05, 0.1) is 30.0 Å². The van der Waals surface area contributed by atoms with Crippen molar-refractivity contribution in [2.75, 3.05) is 23.3 Å². The van der Waals surface area contributed by atoms with Crippen LogP contribution in [-0.4, -0.2) is 33.9 Å². The highest BCUT2D eigenvalue weighted by atomic mass is 32.2. The topological polar surface area (TPSA) is 102 Å². The van der Waals surface area contributed by atoms with Crippen molar-refractivity contribution < 1.29 is 27.5 Å². The normalized spacial score (nSPS) is 14.3. The molecule has 0 spiro atoms. The highest BCUT2D eigenvalue weighted by Gasteiger charge is 2.33. The molecule has 1 N–H and O–H groups in total. The Morgan fingerprint density at radius 3 is 2.43 bits per heavy atom. The number of anilines is 2. The third kappa shape index (κ3) is 3.94. The minimum absolute atomic E-state index is 0.0848. The average molecular weight is 404 g/mol. The lowest BCUT2D eigenvalue weighted by Crippen LogP contribution is -2.29. The van der Waals surface area contributed by atoms with Gasteiger partial charge in [-0.05, 0) is 37.3 Å². The van der Waals surface area contributed by atoms with E-state index in [1.165, 1.54) is 25.3 Å². The van der Waals surface area contributed by atoms with Crippen molar-refractivity contribution in [3.63, 3.8) is 0 Å². The lowest BCUT2D eigenvalue weighted by atomic mass is 10.2. The van der Waals surface area contributed by atoms with E-state index in [1.54, 1.807) is 24.3 Å². The number of sulfonamides is 1. The van der Waals surface area contributed by atoms with Gasteiger partial charge >= 0.3 is 0 Å². The number of benzene rings is 2. The molecule has 1 aliphatic heterocycles. The Kier molecular flexibility index (Phi) is 5.55. The van der Waals surface area contributed by atoms with Gasteiger partial charge in [-0.3, -0.25) is 14.3 Å². The summed E-state index contributed by atoms with van der Waals surface area (Å²) in [6.45, 7) is 2.28. The van der Waals surface area contributed by atoms with Crippen LogP contribution in [0.5, 0.6) is 11.5 Å². The van der Waals surface area contributed by atoms with Crippen molar-refractivity contribution in [2.45, 2.75) is 24.7 Å². The van der Waals surface area contributed by atoms with E-state index in [2.05, 4.69) is 4.72 Å². The molecule has 2 aromatic rings. The molecule has 1 fully saturated rings. The fraction of sp³-hybridized carbons (Fsp3) is 0.263. The summed E-state index contributed by atoms with van der Waals surface area (Å²) in [5.74, 6) is -0.0160. The largest absolute Gasteiger partial charge is 0.495 e. The van der Waals surface area contributed by atoms with E-state index in [1.807, 2.05) is 6.92 Å². The summed E-state index contributed by atoms with van der Waals surface area (Å²) in [6.07, 6.45) is 0.170. The van der Waals surface area contributed by atoms with Crippen molar-refractivity contribution in [2.24, 2.45) is 0 Å². The van der Waals surface area contributed by atoms with Crippen LogP contribution < -0.4 is 19.1 Å². The van der Waals surface area contributed by atoms with E-state index in [9.17, 15) is 18.0 Å². The van der Waals surface area contributed by atoms with Gasteiger partial charge in [-0.1, -0.05) is 6.07 Å². The maximum absolute atomic E-state index is 12.8. The highest BCUT2D eigenvalue weighted by molar-refractivity contribution is 7.92. The number of hydrogen-bond donors (Lipinski definition) is 1. The number of methoxy groups -OCH3 is 1. The van der Waals surface area contributed by atoms with Crippen LogP contribution in [0.2, 0.25) is 0 Å². The zero-order valence-electron chi connectivity index (χ0n) is 15.5. The second-order valence-electron chi connectivity index (χ2n) is 6.02. The number of nitrogens with one attached hydrogen (secondary N) is 1. The predicted octanol–water partition coefficient (Wildman–Crippen LogP) is 2.55. The third-order valence-corrected chi connectivity index (χ3v) is 5.53. The fourth-order valence-electron chi connectivity index (χ4n) is 2.89. The molecular formula is C19H20N2O6S. The molecule has 0 saturated carbocycles. The van der Waals surface area contributed by atoms with Crippen molar-refractivity contribution >= 4 is 33.2 Å². The fourth-order valence-corrected chi connectivity index (χ4v) is 3.96. The maximum atomic E-state index is 12.8. The van der Waals surface area contributed by atoms with Crippen LogP contribution in [0.25, 0.3) is 0 Å². The quantitative estimate of drug-likeness (QED) is 0.712. The molecule has 0 atom stereocenters. The Hall–Kier alpha value is -3.07. The zero-order valence-corrected chi connectivity index (χ0v) is 16.3.